The van der Waals surface area contributed by atoms with E-state index in [1.54, 1.807) is 0 Å². The van der Waals surface area contributed by atoms with Crippen molar-refractivity contribution in [2.75, 3.05) is 13.2 Å². The Bertz CT molecular complexity index is 520. The molecule has 0 aromatic heterocycles. The highest BCUT2D eigenvalue weighted by molar-refractivity contribution is 5.85. The van der Waals surface area contributed by atoms with Gasteiger partial charge in [-0.15, -0.1) is 12.4 Å². The number of halogens is 1. The van der Waals surface area contributed by atoms with Crippen LogP contribution in [0.3, 0.4) is 0 Å². The molecular formula is C17H27ClN2O2. The molecule has 1 unspecified atom stereocenters. The summed E-state index contributed by atoms with van der Waals surface area (Å²) < 4.78 is 5.72. The fourth-order valence-electron chi connectivity index (χ4n) is 2.93. The number of carbonyl (C=O) groups excluding carboxylic acids is 1. The molecule has 0 saturated heterocycles. The number of ether oxygens (including phenoxy) is 1. The van der Waals surface area contributed by atoms with Gasteiger partial charge < -0.3 is 15.8 Å². The second-order valence-corrected chi connectivity index (χ2v) is 6.46. The lowest BCUT2D eigenvalue weighted by atomic mass is 9.96. The summed E-state index contributed by atoms with van der Waals surface area (Å²) in [6, 6.07) is 4.13. The van der Waals surface area contributed by atoms with Crippen LogP contribution in [0.5, 0.6) is 5.75 Å². The summed E-state index contributed by atoms with van der Waals surface area (Å²) in [4.78, 5) is 12.1. The van der Waals surface area contributed by atoms with Gasteiger partial charge >= 0.3 is 0 Å². The van der Waals surface area contributed by atoms with Gasteiger partial charge in [0.2, 0.25) is 0 Å². The summed E-state index contributed by atoms with van der Waals surface area (Å²) in [5, 5.41) is 3.04. The summed E-state index contributed by atoms with van der Waals surface area (Å²) in [6.07, 6.45) is 2.29. The quantitative estimate of drug-likeness (QED) is 0.844. The summed E-state index contributed by atoms with van der Waals surface area (Å²) in [7, 11) is 0. The van der Waals surface area contributed by atoms with E-state index in [1.807, 2.05) is 20.8 Å². The van der Waals surface area contributed by atoms with E-state index in [-0.39, 0.29) is 30.5 Å². The third-order valence-electron chi connectivity index (χ3n) is 4.28. The molecule has 4 nitrogen and oxygen atoms in total. The van der Waals surface area contributed by atoms with E-state index < -0.39 is 0 Å². The Morgan fingerprint density at radius 1 is 1.32 bits per heavy atom. The molecule has 0 aliphatic heterocycles. The van der Waals surface area contributed by atoms with Crippen molar-refractivity contribution in [1.29, 1.82) is 0 Å². The molecule has 124 valence electrons. The SMILES string of the molecule is Cc1cc(C)c(OCC(=O)NC(C)(CN)C2CC2)c(C)c1.Cl. The van der Waals surface area contributed by atoms with Crippen LogP contribution < -0.4 is 15.8 Å². The first-order valence-electron chi connectivity index (χ1n) is 7.57. The summed E-state index contributed by atoms with van der Waals surface area (Å²) in [5.41, 5.74) is 8.84. The smallest absolute Gasteiger partial charge is 0.258 e. The molecule has 0 bridgehead atoms. The monoisotopic (exact) mass is 326 g/mol. The maximum Gasteiger partial charge on any atom is 0.258 e. The lowest BCUT2D eigenvalue weighted by molar-refractivity contribution is -0.125. The van der Waals surface area contributed by atoms with Gasteiger partial charge in [0.05, 0.1) is 5.54 Å². The van der Waals surface area contributed by atoms with Gasteiger partial charge in [0.25, 0.3) is 5.91 Å². The largest absolute Gasteiger partial charge is 0.483 e. The molecule has 1 aromatic rings. The van der Waals surface area contributed by atoms with Crippen molar-refractivity contribution in [2.24, 2.45) is 11.7 Å². The fraction of sp³-hybridized carbons (Fsp3) is 0.588. The van der Waals surface area contributed by atoms with Gasteiger partial charge in [-0.25, -0.2) is 0 Å². The minimum atomic E-state index is -0.294. The molecule has 1 amide bonds. The molecule has 3 N–H and O–H groups in total. The van der Waals surface area contributed by atoms with E-state index in [2.05, 4.69) is 24.4 Å². The number of benzene rings is 1. The van der Waals surface area contributed by atoms with Crippen LogP contribution in [0.4, 0.5) is 0 Å². The van der Waals surface area contributed by atoms with Crippen LogP contribution in [-0.4, -0.2) is 24.6 Å². The molecule has 22 heavy (non-hydrogen) atoms. The number of amides is 1. The van der Waals surface area contributed by atoms with Gasteiger partial charge in [0.15, 0.2) is 6.61 Å². The van der Waals surface area contributed by atoms with Crippen LogP contribution >= 0.6 is 12.4 Å². The van der Waals surface area contributed by atoms with Crippen molar-refractivity contribution in [3.05, 3.63) is 28.8 Å². The zero-order chi connectivity index (χ0) is 15.6. The fourth-order valence-corrected chi connectivity index (χ4v) is 2.93. The van der Waals surface area contributed by atoms with Crippen molar-refractivity contribution in [3.63, 3.8) is 0 Å². The van der Waals surface area contributed by atoms with Crippen molar-refractivity contribution >= 4 is 18.3 Å². The minimum absolute atomic E-state index is 0. The Hall–Kier alpha value is -1.26. The first-order chi connectivity index (χ1) is 9.85. The minimum Gasteiger partial charge on any atom is -0.483 e. The Balaban J connectivity index is 0.00000242. The molecule has 1 saturated carbocycles. The Kier molecular flexibility index (Phi) is 6.27. The van der Waals surface area contributed by atoms with E-state index in [4.69, 9.17) is 10.5 Å². The van der Waals surface area contributed by atoms with Crippen LogP contribution in [0, 0.1) is 26.7 Å². The molecule has 0 spiro atoms. The summed E-state index contributed by atoms with van der Waals surface area (Å²) in [5.74, 6) is 1.21. The maximum absolute atomic E-state index is 12.1. The first kappa shape index (κ1) is 18.8. The highest BCUT2D eigenvalue weighted by atomic mass is 35.5. The van der Waals surface area contributed by atoms with Crippen molar-refractivity contribution in [1.82, 2.24) is 5.32 Å². The van der Waals surface area contributed by atoms with Crippen LogP contribution in [0.1, 0.15) is 36.5 Å². The van der Waals surface area contributed by atoms with Gasteiger partial charge in [0, 0.05) is 6.54 Å². The molecule has 1 aliphatic carbocycles. The predicted molar refractivity (Wildman–Crippen MR) is 91.7 cm³/mol. The number of nitrogens with two attached hydrogens (primary N) is 1. The number of carbonyl (C=O) groups is 1. The van der Waals surface area contributed by atoms with Crippen LogP contribution in [0.15, 0.2) is 12.1 Å². The van der Waals surface area contributed by atoms with E-state index in [0.717, 1.165) is 29.7 Å². The molecule has 5 heteroatoms. The van der Waals surface area contributed by atoms with E-state index in [0.29, 0.717) is 12.5 Å². The molecule has 2 rings (SSSR count). The normalized spacial score (nSPS) is 16.4. The van der Waals surface area contributed by atoms with Gasteiger partial charge in [-0.3, -0.25) is 4.79 Å². The van der Waals surface area contributed by atoms with Crippen LogP contribution in [0.2, 0.25) is 0 Å². The second kappa shape index (κ2) is 7.34. The molecule has 0 heterocycles. The van der Waals surface area contributed by atoms with Gasteiger partial charge in [-0.1, -0.05) is 17.7 Å². The predicted octanol–water partition coefficient (Wildman–Crippen LogP) is 2.66. The van der Waals surface area contributed by atoms with Crippen LogP contribution in [0.25, 0.3) is 0 Å². The summed E-state index contributed by atoms with van der Waals surface area (Å²) in [6.45, 7) is 8.58. The Morgan fingerprint density at radius 3 is 2.32 bits per heavy atom. The van der Waals surface area contributed by atoms with E-state index in [1.165, 1.54) is 5.56 Å². The third-order valence-corrected chi connectivity index (χ3v) is 4.28. The topological polar surface area (TPSA) is 64.3 Å². The lowest BCUT2D eigenvalue weighted by Crippen LogP contribution is -2.54. The average molecular weight is 327 g/mol. The number of nitrogens with one attached hydrogen (secondary N) is 1. The maximum atomic E-state index is 12.1. The lowest BCUT2D eigenvalue weighted by Gasteiger charge is -2.29. The number of aryl methyl sites for hydroxylation is 3. The first-order valence-corrected chi connectivity index (χ1v) is 7.57. The third kappa shape index (κ3) is 4.37. The highest BCUT2D eigenvalue weighted by Crippen LogP contribution is 2.38. The molecule has 1 fully saturated rings. The van der Waals surface area contributed by atoms with Gasteiger partial charge in [-0.2, -0.15) is 0 Å². The second-order valence-electron chi connectivity index (χ2n) is 6.46. The van der Waals surface area contributed by atoms with Gasteiger partial charge in [0.1, 0.15) is 5.75 Å². The zero-order valence-corrected chi connectivity index (χ0v) is 14.7. The molecule has 1 atom stereocenters. The molecule has 0 radical (unpaired) electrons. The van der Waals surface area contributed by atoms with Crippen molar-refractivity contribution < 1.29 is 9.53 Å². The van der Waals surface area contributed by atoms with Crippen molar-refractivity contribution in [2.45, 2.75) is 46.1 Å². The molecule has 1 aliphatic rings. The molecule has 1 aromatic carbocycles. The zero-order valence-electron chi connectivity index (χ0n) is 13.9. The number of rotatable bonds is 6. The van der Waals surface area contributed by atoms with Crippen molar-refractivity contribution in [3.8, 4) is 5.75 Å². The standard InChI is InChI=1S/C17H26N2O2.ClH/c1-11-7-12(2)16(13(3)8-11)21-9-15(20)19-17(4,10-18)14-5-6-14;/h7-8,14H,5-6,9-10,18H2,1-4H3,(H,19,20);1H. The van der Waals surface area contributed by atoms with Gasteiger partial charge in [-0.05, 0) is 57.6 Å². The average Bonchev–Trinajstić information content (AvgIpc) is 3.21. The molecular weight excluding hydrogens is 300 g/mol. The van der Waals surface area contributed by atoms with Crippen LogP contribution in [-0.2, 0) is 4.79 Å². The van der Waals surface area contributed by atoms with E-state index >= 15 is 0 Å². The van der Waals surface area contributed by atoms with E-state index in [9.17, 15) is 4.79 Å². The highest BCUT2D eigenvalue weighted by Gasteiger charge is 2.41. The Morgan fingerprint density at radius 2 is 1.86 bits per heavy atom. The number of hydrogen-bond acceptors (Lipinski definition) is 3. The summed E-state index contributed by atoms with van der Waals surface area (Å²) >= 11 is 0. The number of hydrogen-bond donors (Lipinski definition) is 2. The Labute approximate surface area is 139 Å².